The topological polar surface area (TPSA) is 18.5 Å². The number of ether oxygens (including phenoxy) is 2. The van der Waals surface area contributed by atoms with E-state index in [1.54, 1.807) is 24.3 Å². The lowest BCUT2D eigenvalue weighted by Gasteiger charge is -2.22. The fraction of sp³-hybridized carbons (Fsp3) is 0.200. The first kappa shape index (κ1) is 15.1. The average Bonchev–Trinajstić information content (AvgIpc) is 2.46. The Bertz CT molecular complexity index is 673. The SMILES string of the molecule is Fc1cccc(Br)c1C(Cl)c1cc2c(cc1Br)OCCO2. The van der Waals surface area contributed by atoms with Crippen LogP contribution in [0, 0.1) is 5.82 Å². The number of rotatable bonds is 2. The highest BCUT2D eigenvalue weighted by atomic mass is 79.9. The van der Waals surface area contributed by atoms with E-state index in [0.717, 1.165) is 10.0 Å². The molecule has 1 unspecified atom stereocenters. The molecule has 0 aliphatic carbocycles. The highest BCUT2D eigenvalue weighted by Gasteiger charge is 2.23. The largest absolute Gasteiger partial charge is 0.486 e. The standard InChI is InChI=1S/C15H10Br2ClFO2/c16-9-2-1-3-11(19)14(9)15(18)8-6-12-13(7-10(8)17)21-5-4-20-12/h1-3,6-7,15H,4-5H2. The minimum atomic E-state index is -0.647. The van der Waals surface area contributed by atoms with Crippen LogP contribution < -0.4 is 9.47 Å². The lowest BCUT2D eigenvalue weighted by Crippen LogP contribution is -2.15. The van der Waals surface area contributed by atoms with E-state index in [0.29, 0.717) is 34.7 Å². The summed E-state index contributed by atoms with van der Waals surface area (Å²) >= 11 is 13.3. The molecule has 1 heterocycles. The summed E-state index contributed by atoms with van der Waals surface area (Å²) in [6.07, 6.45) is 0. The second kappa shape index (κ2) is 6.15. The monoisotopic (exact) mass is 434 g/mol. The van der Waals surface area contributed by atoms with Crippen molar-refractivity contribution in [1.29, 1.82) is 0 Å². The Labute approximate surface area is 143 Å². The van der Waals surface area contributed by atoms with Gasteiger partial charge in [-0.2, -0.15) is 0 Å². The molecule has 110 valence electrons. The van der Waals surface area contributed by atoms with Crippen molar-refractivity contribution in [3.63, 3.8) is 0 Å². The van der Waals surface area contributed by atoms with Crippen LogP contribution in [-0.2, 0) is 0 Å². The predicted molar refractivity (Wildman–Crippen MR) is 86.9 cm³/mol. The van der Waals surface area contributed by atoms with Gasteiger partial charge in [-0.1, -0.05) is 37.9 Å². The number of hydrogen-bond donors (Lipinski definition) is 0. The lowest BCUT2D eigenvalue weighted by atomic mass is 10.0. The van der Waals surface area contributed by atoms with Gasteiger partial charge in [-0.05, 0) is 29.8 Å². The smallest absolute Gasteiger partial charge is 0.162 e. The summed E-state index contributed by atoms with van der Waals surface area (Å²) in [5.41, 5.74) is 1.13. The summed E-state index contributed by atoms with van der Waals surface area (Å²) in [4.78, 5) is 0. The van der Waals surface area contributed by atoms with Gasteiger partial charge in [0.1, 0.15) is 19.0 Å². The first-order chi connectivity index (χ1) is 10.1. The maximum absolute atomic E-state index is 14.1. The fourth-order valence-electron chi connectivity index (χ4n) is 2.18. The van der Waals surface area contributed by atoms with E-state index in [1.165, 1.54) is 6.07 Å². The van der Waals surface area contributed by atoms with E-state index in [9.17, 15) is 4.39 Å². The molecule has 21 heavy (non-hydrogen) atoms. The molecule has 6 heteroatoms. The van der Waals surface area contributed by atoms with E-state index in [1.807, 2.05) is 0 Å². The highest BCUT2D eigenvalue weighted by Crippen LogP contribution is 2.43. The Hall–Kier alpha value is -0.780. The highest BCUT2D eigenvalue weighted by molar-refractivity contribution is 9.10. The minimum Gasteiger partial charge on any atom is -0.486 e. The summed E-state index contributed by atoms with van der Waals surface area (Å²) in [7, 11) is 0. The molecule has 3 rings (SSSR count). The van der Waals surface area contributed by atoms with Crippen LogP contribution in [0.4, 0.5) is 4.39 Å². The van der Waals surface area contributed by atoms with Gasteiger partial charge in [0.2, 0.25) is 0 Å². The molecule has 2 aromatic carbocycles. The zero-order valence-electron chi connectivity index (χ0n) is 10.7. The zero-order chi connectivity index (χ0) is 15.0. The average molecular weight is 437 g/mol. The van der Waals surface area contributed by atoms with Crippen molar-refractivity contribution in [2.45, 2.75) is 5.38 Å². The Balaban J connectivity index is 2.07. The molecule has 1 aliphatic rings. The summed E-state index contributed by atoms with van der Waals surface area (Å²) in [5.74, 6) is 0.928. The van der Waals surface area contributed by atoms with Crippen molar-refractivity contribution < 1.29 is 13.9 Å². The molecule has 0 N–H and O–H groups in total. The molecular formula is C15H10Br2ClFO2. The Kier molecular flexibility index (Phi) is 4.43. The van der Waals surface area contributed by atoms with Crippen molar-refractivity contribution in [2.75, 3.05) is 13.2 Å². The first-order valence-electron chi connectivity index (χ1n) is 6.25. The van der Waals surface area contributed by atoms with Gasteiger partial charge in [-0.25, -0.2) is 4.39 Å². The molecule has 0 amide bonds. The van der Waals surface area contributed by atoms with Crippen LogP contribution in [0.15, 0.2) is 39.3 Å². The number of fused-ring (bicyclic) bond motifs is 1. The Morgan fingerprint density at radius 2 is 1.71 bits per heavy atom. The van der Waals surface area contributed by atoms with Crippen molar-refractivity contribution >= 4 is 43.5 Å². The molecule has 2 nitrogen and oxygen atoms in total. The van der Waals surface area contributed by atoms with Gasteiger partial charge in [0.05, 0.1) is 5.38 Å². The van der Waals surface area contributed by atoms with Gasteiger partial charge in [-0.3, -0.25) is 0 Å². The van der Waals surface area contributed by atoms with Crippen LogP contribution in [0.2, 0.25) is 0 Å². The second-order valence-electron chi connectivity index (χ2n) is 4.52. The second-order valence-corrected chi connectivity index (χ2v) is 6.66. The van der Waals surface area contributed by atoms with Crippen LogP contribution in [-0.4, -0.2) is 13.2 Å². The van der Waals surface area contributed by atoms with E-state index in [2.05, 4.69) is 31.9 Å². The van der Waals surface area contributed by atoms with E-state index in [4.69, 9.17) is 21.1 Å². The molecule has 0 saturated carbocycles. The van der Waals surface area contributed by atoms with Crippen LogP contribution in [0.1, 0.15) is 16.5 Å². The number of benzene rings is 2. The summed E-state index contributed by atoms with van der Waals surface area (Å²) in [5, 5.41) is -0.647. The molecule has 0 saturated heterocycles. The first-order valence-corrected chi connectivity index (χ1v) is 8.27. The third-order valence-corrected chi connectivity index (χ3v) is 5.02. The normalized spacial score (nSPS) is 14.9. The van der Waals surface area contributed by atoms with E-state index >= 15 is 0 Å². The zero-order valence-corrected chi connectivity index (χ0v) is 14.6. The van der Waals surface area contributed by atoms with Crippen LogP contribution in [0.3, 0.4) is 0 Å². The molecule has 2 aromatic rings. The van der Waals surface area contributed by atoms with Crippen molar-refractivity contribution in [3.8, 4) is 11.5 Å². The van der Waals surface area contributed by atoms with E-state index < -0.39 is 5.38 Å². The van der Waals surface area contributed by atoms with Crippen molar-refractivity contribution in [1.82, 2.24) is 0 Å². The summed E-state index contributed by atoms with van der Waals surface area (Å²) < 4.78 is 26.5. The van der Waals surface area contributed by atoms with Crippen molar-refractivity contribution in [2.24, 2.45) is 0 Å². The molecule has 0 fully saturated rings. The summed E-state index contributed by atoms with van der Waals surface area (Å²) in [6.45, 7) is 1.01. The van der Waals surface area contributed by atoms with Gasteiger partial charge in [0.15, 0.2) is 11.5 Å². The number of halogens is 4. The van der Waals surface area contributed by atoms with Crippen LogP contribution >= 0.6 is 43.5 Å². The third kappa shape index (κ3) is 2.91. The maximum Gasteiger partial charge on any atom is 0.162 e. The molecule has 0 radical (unpaired) electrons. The molecule has 0 spiro atoms. The van der Waals surface area contributed by atoms with Crippen LogP contribution in [0.5, 0.6) is 11.5 Å². The fourth-order valence-corrected chi connectivity index (χ4v) is 3.97. The van der Waals surface area contributed by atoms with Gasteiger partial charge in [0.25, 0.3) is 0 Å². The van der Waals surface area contributed by atoms with Gasteiger partial charge in [0, 0.05) is 14.5 Å². The quantitative estimate of drug-likeness (QED) is 0.583. The van der Waals surface area contributed by atoms with E-state index in [-0.39, 0.29) is 5.82 Å². The molecular weight excluding hydrogens is 426 g/mol. The third-order valence-electron chi connectivity index (χ3n) is 3.19. The van der Waals surface area contributed by atoms with Gasteiger partial charge < -0.3 is 9.47 Å². The predicted octanol–water partition coefficient (Wildman–Crippen LogP) is 5.45. The molecule has 0 aromatic heterocycles. The summed E-state index contributed by atoms with van der Waals surface area (Å²) in [6, 6.07) is 8.37. The van der Waals surface area contributed by atoms with Crippen molar-refractivity contribution in [3.05, 3.63) is 56.2 Å². The number of hydrogen-bond acceptors (Lipinski definition) is 2. The lowest BCUT2D eigenvalue weighted by molar-refractivity contribution is 0.171. The maximum atomic E-state index is 14.1. The minimum absolute atomic E-state index is 0.355. The molecule has 0 bridgehead atoms. The number of alkyl halides is 1. The Morgan fingerprint density at radius 3 is 2.38 bits per heavy atom. The molecule has 1 aliphatic heterocycles. The van der Waals surface area contributed by atoms with Gasteiger partial charge >= 0.3 is 0 Å². The Morgan fingerprint density at radius 1 is 1.05 bits per heavy atom. The van der Waals surface area contributed by atoms with Crippen LogP contribution in [0.25, 0.3) is 0 Å². The van der Waals surface area contributed by atoms with Gasteiger partial charge in [-0.15, -0.1) is 11.6 Å². The molecule has 1 atom stereocenters.